The number of benzene rings is 1. The van der Waals surface area contributed by atoms with Crippen LogP contribution in [0.2, 0.25) is 0 Å². The van der Waals surface area contributed by atoms with E-state index in [4.69, 9.17) is 9.15 Å². The average Bonchev–Trinajstić information content (AvgIpc) is 2.33. The molecule has 3 nitrogen and oxygen atoms in total. The quantitative estimate of drug-likeness (QED) is 0.614. The summed E-state index contributed by atoms with van der Waals surface area (Å²) in [5.41, 5.74) is 2.81. The van der Waals surface area contributed by atoms with Gasteiger partial charge in [0, 0.05) is 17.0 Å². The van der Waals surface area contributed by atoms with Crippen LogP contribution in [-0.2, 0) is 0 Å². The molecule has 0 aliphatic heterocycles. The van der Waals surface area contributed by atoms with E-state index in [1.54, 1.807) is 13.0 Å². The number of fused-ring (bicyclic) bond motifs is 1. The first kappa shape index (κ1) is 12.4. The zero-order valence-corrected chi connectivity index (χ0v) is 10.9. The number of hydrogen-bond donors (Lipinski definition) is 0. The third-order valence-electron chi connectivity index (χ3n) is 2.91. The van der Waals surface area contributed by atoms with E-state index >= 15 is 0 Å². The van der Waals surface area contributed by atoms with E-state index in [0.717, 1.165) is 16.5 Å². The van der Waals surface area contributed by atoms with Crippen LogP contribution in [0.4, 0.5) is 0 Å². The second-order valence-electron chi connectivity index (χ2n) is 4.54. The van der Waals surface area contributed by atoms with E-state index in [1.165, 1.54) is 0 Å². The van der Waals surface area contributed by atoms with E-state index in [2.05, 4.69) is 6.58 Å². The van der Waals surface area contributed by atoms with Crippen LogP contribution in [0.3, 0.4) is 0 Å². The molecule has 0 bridgehead atoms. The average molecular weight is 244 g/mol. The van der Waals surface area contributed by atoms with Crippen LogP contribution >= 0.6 is 0 Å². The van der Waals surface area contributed by atoms with Gasteiger partial charge in [0.2, 0.25) is 0 Å². The van der Waals surface area contributed by atoms with Crippen LogP contribution in [0.25, 0.3) is 11.0 Å². The van der Waals surface area contributed by atoms with E-state index in [9.17, 15) is 4.79 Å². The van der Waals surface area contributed by atoms with Gasteiger partial charge < -0.3 is 9.15 Å². The standard InChI is InChI=1S/C15H16O3/c1-9(2)8-17-12-5-6-13-10(3)11(4)15(16)18-14(13)7-12/h5-7H,1,8H2,2-4H3. The molecule has 0 amide bonds. The van der Waals surface area contributed by atoms with E-state index in [0.29, 0.717) is 23.5 Å². The lowest BCUT2D eigenvalue weighted by atomic mass is 10.1. The Balaban J connectivity index is 2.49. The Morgan fingerprint density at radius 1 is 1.33 bits per heavy atom. The first-order chi connectivity index (χ1) is 8.49. The largest absolute Gasteiger partial charge is 0.489 e. The minimum Gasteiger partial charge on any atom is -0.489 e. The Labute approximate surface area is 106 Å². The molecule has 0 N–H and O–H groups in total. The third kappa shape index (κ3) is 2.30. The van der Waals surface area contributed by atoms with Crippen molar-refractivity contribution in [2.45, 2.75) is 20.8 Å². The maximum Gasteiger partial charge on any atom is 0.339 e. The summed E-state index contributed by atoms with van der Waals surface area (Å²) in [5.74, 6) is 0.678. The molecule has 0 radical (unpaired) electrons. The van der Waals surface area contributed by atoms with Crippen molar-refractivity contribution in [2.24, 2.45) is 0 Å². The molecule has 0 fully saturated rings. The predicted octanol–water partition coefficient (Wildman–Crippen LogP) is 3.36. The third-order valence-corrected chi connectivity index (χ3v) is 2.91. The summed E-state index contributed by atoms with van der Waals surface area (Å²) in [6.07, 6.45) is 0. The highest BCUT2D eigenvalue weighted by atomic mass is 16.5. The maximum absolute atomic E-state index is 11.6. The van der Waals surface area contributed by atoms with Gasteiger partial charge in [-0.15, -0.1) is 0 Å². The highest BCUT2D eigenvalue weighted by Crippen LogP contribution is 2.23. The van der Waals surface area contributed by atoms with Gasteiger partial charge in [0.15, 0.2) is 0 Å². The molecule has 2 aromatic rings. The van der Waals surface area contributed by atoms with Crippen molar-refractivity contribution in [3.05, 3.63) is 51.9 Å². The lowest BCUT2D eigenvalue weighted by Gasteiger charge is -2.08. The van der Waals surface area contributed by atoms with Crippen molar-refractivity contribution in [2.75, 3.05) is 6.61 Å². The zero-order valence-electron chi connectivity index (χ0n) is 10.9. The van der Waals surface area contributed by atoms with Crippen molar-refractivity contribution in [3.8, 4) is 5.75 Å². The molecule has 0 spiro atoms. The van der Waals surface area contributed by atoms with Crippen LogP contribution in [0.5, 0.6) is 5.75 Å². The van der Waals surface area contributed by atoms with Gasteiger partial charge in [-0.05, 0) is 44.0 Å². The molecule has 0 atom stereocenters. The maximum atomic E-state index is 11.6. The fraction of sp³-hybridized carbons (Fsp3) is 0.267. The van der Waals surface area contributed by atoms with Crippen LogP contribution in [0, 0.1) is 13.8 Å². The predicted molar refractivity (Wildman–Crippen MR) is 72.3 cm³/mol. The van der Waals surface area contributed by atoms with Gasteiger partial charge in [0.05, 0.1) is 0 Å². The second-order valence-corrected chi connectivity index (χ2v) is 4.54. The monoisotopic (exact) mass is 244 g/mol. The number of aryl methyl sites for hydroxylation is 1. The molecule has 0 saturated carbocycles. The van der Waals surface area contributed by atoms with Crippen molar-refractivity contribution < 1.29 is 9.15 Å². The molecule has 1 heterocycles. The summed E-state index contributed by atoms with van der Waals surface area (Å²) < 4.78 is 10.8. The molecular formula is C15H16O3. The minimum absolute atomic E-state index is 0.294. The van der Waals surface area contributed by atoms with Gasteiger partial charge >= 0.3 is 5.63 Å². The van der Waals surface area contributed by atoms with Gasteiger partial charge in [-0.25, -0.2) is 4.79 Å². The Kier molecular flexibility index (Phi) is 3.24. The first-order valence-corrected chi connectivity index (χ1v) is 5.80. The van der Waals surface area contributed by atoms with Gasteiger partial charge in [0.1, 0.15) is 17.9 Å². The van der Waals surface area contributed by atoms with Crippen LogP contribution in [-0.4, -0.2) is 6.61 Å². The molecule has 1 aromatic carbocycles. The Morgan fingerprint density at radius 2 is 2.06 bits per heavy atom. The molecule has 94 valence electrons. The SMILES string of the molecule is C=C(C)COc1ccc2c(C)c(C)c(=O)oc2c1. The summed E-state index contributed by atoms with van der Waals surface area (Å²) in [4.78, 5) is 11.6. The topological polar surface area (TPSA) is 39.4 Å². The van der Waals surface area contributed by atoms with Gasteiger partial charge in [0.25, 0.3) is 0 Å². The number of ether oxygens (including phenoxy) is 1. The summed E-state index contributed by atoms with van der Waals surface area (Å²) in [6, 6.07) is 5.53. The van der Waals surface area contributed by atoms with Crippen molar-refractivity contribution in [3.63, 3.8) is 0 Å². The van der Waals surface area contributed by atoms with E-state index in [1.807, 2.05) is 26.0 Å². The normalized spacial score (nSPS) is 10.6. The minimum atomic E-state index is -0.294. The van der Waals surface area contributed by atoms with Gasteiger partial charge in [-0.2, -0.15) is 0 Å². The molecule has 1 aromatic heterocycles. The van der Waals surface area contributed by atoms with Crippen molar-refractivity contribution in [1.29, 1.82) is 0 Å². The molecule has 0 aliphatic carbocycles. The molecule has 0 aliphatic rings. The number of hydrogen-bond acceptors (Lipinski definition) is 3. The molecule has 2 rings (SSSR count). The lowest BCUT2D eigenvalue weighted by Crippen LogP contribution is -2.05. The molecule has 18 heavy (non-hydrogen) atoms. The summed E-state index contributed by atoms with van der Waals surface area (Å²) in [7, 11) is 0. The van der Waals surface area contributed by atoms with Gasteiger partial charge in [-0.3, -0.25) is 0 Å². The van der Waals surface area contributed by atoms with Crippen molar-refractivity contribution in [1.82, 2.24) is 0 Å². The van der Waals surface area contributed by atoms with E-state index < -0.39 is 0 Å². The van der Waals surface area contributed by atoms with Crippen LogP contribution < -0.4 is 10.4 Å². The molecule has 3 heteroatoms. The fourth-order valence-electron chi connectivity index (χ4n) is 1.72. The van der Waals surface area contributed by atoms with E-state index in [-0.39, 0.29) is 5.63 Å². The number of rotatable bonds is 3. The Hall–Kier alpha value is -2.03. The molecule has 0 saturated heterocycles. The summed E-state index contributed by atoms with van der Waals surface area (Å²) >= 11 is 0. The Morgan fingerprint density at radius 3 is 2.72 bits per heavy atom. The summed E-state index contributed by atoms with van der Waals surface area (Å²) in [5, 5.41) is 0.940. The first-order valence-electron chi connectivity index (χ1n) is 5.80. The highest BCUT2D eigenvalue weighted by molar-refractivity contribution is 5.82. The van der Waals surface area contributed by atoms with Crippen LogP contribution in [0.1, 0.15) is 18.1 Å². The molecular weight excluding hydrogens is 228 g/mol. The van der Waals surface area contributed by atoms with Gasteiger partial charge in [-0.1, -0.05) is 6.58 Å². The zero-order chi connectivity index (χ0) is 13.3. The lowest BCUT2D eigenvalue weighted by molar-refractivity contribution is 0.352. The summed E-state index contributed by atoms with van der Waals surface area (Å²) in [6.45, 7) is 9.82. The Bertz CT molecular complexity index is 665. The van der Waals surface area contributed by atoms with Crippen LogP contribution in [0.15, 0.2) is 39.6 Å². The fourth-order valence-corrected chi connectivity index (χ4v) is 1.72. The highest BCUT2D eigenvalue weighted by Gasteiger charge is 2.08. The molecule has 0 unspecified atom stereocenters. The second kappa shape index (κ2) is 4.69. The smallest absolute Gasteiger partial charge is 0.339 e. The van der Waals surface area contributed by atoms with Crippen molar-refractivity contribution >= 4 is 11.0 Å².